The third kappa shape index (κ3) is 7.07. The van der Waals surface area contributed by atoms with Crippen LogP contribution in [-0.2, 0) is 14.3 Å². The fourth-order valence-electron chi connectivity index (χ4n) is 4.30. The van der Waals surface area contributed by atoms with Crippen molar-refractivity contribution < 1.29 is 14.3 Å². The van der Waals surface area contributed by atoms with Gasteiger partial charge in [-0.05, 0) is 30.6 Å². The van der Waals surface area contributed by atoms with Crippen molar-refractivity contribution in [2.45, 2.75) is 65.3 Å². The van der Waals surface area contributed by atoms with Crippen molar-refractivity contribution in [1.82, 2.24) is 15.1 Å². The van der Waals surface area contributed by atoms with E-state index in [1.165, 1.54) is 12.8 Å². The molecule has 6 nitrogen and oxygen atoms in total. The number of carbonyl (C=O) groups is 2. The molecule has 2 rings (SSSR count). The zero-order chi connectivity index (χ0) is 19.9. The number of ether oxygens (including phenoxy) is 1. The minimum Gasteiger partial charge on any atom is -0.385 e. The number of amides is 2. The second kappa shape index (κ2) is 10.4. The first-order valence-corrected chi connectivity index (χ1v) is 10.6. The number of hydrogen-bond donors (Lipinski definition) is 1. The van der Waals surface area contributed by atoms with Crippen LogP contribution in [0.3, 0.4) is 0 Å². The molecule has 0 radical (unpaired) electrons. The van der Waals surface area contributed by atoms with Crippen LogP contribution in [0.4, 0.5) is 0 Å². The molecule has 1 aliphatic carbocycles. The average Bonchev–Trinajstić information content (AvgIpc) is 3.12. The number of nitrogens with zero attached hydrogens (tertiary/aromatic N) is 2. The number of nitrogens with one attached hydrogen (secondary N) is 1. The van der Waals surface area contributed by atoms with Gasteiger partial charge in [0, 0.05) is 52.9 Å². The van der Waals surface area contributed by atoms with Crippen molar-refractivity contribution in [3.8, 4) is 0 Å². The molecule has 1 N–H and O–H groups in total. The molecule has 1 aliphatic heterocycles. The monoisotopic (exact) mass is 381 g/mol. The summed E-state index contributed by atoms with van der Waals surface area (Å²) in [6, 6.07) is -0.0464. The van der Waals surface area contributed by atoms with E-state index in [2.05, 4.69) is 31.0 Å². The molecule has 6 heteroatoms. The van der Waals surface area contributed by atoms with Crippen LogP contribution in [0, 0.1) is 11.3 Å². The zero-order valence-electron chi connectivity index (χ0n) is 17.8. The number of carbonyl (C=O) groups excluding carboxylic acids is 2. The highest BCUT2D eigenvalue weighted by atomic mass is 16.5. The lowest BCUT2D eigenvalue weighted by atomic mass is 9.91. The molecule has 1 atom stereocenters. The largest absolute Gasteiger partial charge is 0.385 e. The average molecular weight is 382 g/mol. The van der Waals surface area contributed by atoms with Crippen LogP contribution in [0.15, 0.2) is 0 Å². The maximum Gasteiger partial charge on any atom is 0.237 e. The van der Waals surface area contributed by atoms with Crippen molar-refractivity contribution in [2.24, 2.45) is 11.3 Å². The first-order valence-electron chi connectivity index (χ1n) is 10.6. The fraction of sp³-hybridized carbons (Fsp3) is 0.905. The van der Waals surface area contributed by atoms with Crippen molar-refractivity contribution in [2.75, 3.05) is 46.4 Å². The van der Waals surface area contributed by atoms with Crippen LogP contribution in [0.5, 0.6) is 0 Å². The van der Waals surface area contributed by atoms with Gasteiger partial charge in [-0.1, -0.05) is 33.6 Å². The molecule has 1 heterocycles. The van der Waals surface area contributed by atoms with Gasteiger partial charge in [0.15, 0.2) is 0 Å². The third-order valence-corrected chi connectivity index (χ3v) is 5.68. The van der Waals surface area contributed by atoms with E-state index < -0.39 is 0 Å². The first-order chi connectivity index (χ1) is 12.8. The summed E-state index contributed by atoms with van der Waals surface area (Å²) in [5.41, 5.74) is 0.0166. The van der Waals surface area contributed by atoms with Gasteiger partial charge in [0.1, 0.15) is 0 Å². The van der Waals surface area contributed by atoms with Gasteiger partial charge in [0.2, 0.25) is 11.8 Å². The Balaban J connectivity index is 1.91. The van der Waals surface area contributed by atoms with Gasteiger partial charge in [0.05, 0.1) is 6.04 Å². The van der Waals surface area contributed by atoms with E-state index in [4.69, 9.17) is 4.74 Å². The van der Waals surface area contributed by atoms with Gasteiger partial charge in [0.25, 0.3) is 0 Å². The number of rotatable bonds is 8. The van der Waals surface area contributed by atoms with Gasteiger partial charge in [-0.3, -0.25) is 14.5 Å². The molecule has 2 aliphatic rings. The topological polar surface area (TPSA) is 61.9 Å². The smallest absolute Gasteiger partial charge is 0.237 e. The molecule has 0 unspecified atom stereocenters. The Bertz CT molecular complexity index is 476. The molecule has 0 aromatic heterocycles. The predicted molar refractivity (Wildman–Crippen MR) is 107 cm³/mol. The van der Waals surface area contributed by atoms with Crippen molar-refractivity contribution >= 4 is 11.8 Å². The second-order valence-corrected chi connectivity index (χ2v) is 9.28. The van der Waals surface area contributed by atoms with Gasteiger partial charge in [-0.25, -0.2) is 0 Å². The molecule has 0 bridgehead atoms. The Morgan fingerprint density at radius 3 is 2.30 bits per heavy atom. The van der Waals surface area contributed by atoms with E-state index in [-0.39, 0.29) is 23.3 Å². The lowest BCUT2D eigenvalue weighted by Crippen LogP contribution is -2.58. The summed E-state index contributed by atoms with van der Waals surface area (Å²) in [7, 11) is 1.68. The molecule has 0 aromatic carbocycles. The van der Waals surface area contributed by atoms with Gasteiger partial charge < -0.3 is 15.0 Å². The van der Waals surface area contributed by atoms with Crippen molar-refractivity contribution in [3.63, 3.8) is 0 Å². The van der Waals surface area contributed by atoms with Crippen LogP contribution >= 0.6 is 0 Å². The highest BCUT2D eigenvalue weighted by molar-refractivity contribution is 5.82. The lowest BCUT2D eigenvalue weighted by molar-refractivity contribution is -0.136. The van der Waals surface area contributed by atoms with E-state index in [1.807, 2.05) is 4.90 Å². The van der Waals surface area contributed by atoms with E-state index in [0.29, 0.717) is 25.5 Å². The zero-order valence-corrected chi connectivity index (χ0v) is 17.8. The Kier molecular flexibility index (Phi) is 8.55. The first kappa shape index (κ1) is 22.2. The minimum atomic E-state index is -0.0464. The molecule has 1 saturated heterocycles. The van der Waals surface area contributed by atoms with E-state index in [1.54, 1.807) is 7.11 Å². The van der Waals surface area contributed by atoms with E-state index in [9.17, 15) is 9.59 Å². The van der Waals surface area contributed by atoms with Crippen LogP contribution in [0.1, 0.15) is 59.3 Å². The van der Waals surface area contributed by atoms with Crippen molar-refractivity contribution in [3.05, 3.63) is 0 Å². The predicted octanol–water partition coefficient (Wildman–Crippen LogP) is 2.28. The van der Waals surface area contributed by atoms with Crippen LogP contribution < -0.4 is 5.32 Å². The summed E-state index contributed by atoms with van der Waals surface area (Å²) in [6.45, 7) is 10.7. The lowest BCUT2D eigenvalue weighted by Gasteiger charge is -2.41. The maximum absolute atomic E-state index is 12.9. The Labute approximate surface area is 165 Å². The van der Waals surface area contributed by atoms with Gasteiger partial charge >= 0.3 is 0 Å². The molecule has 27 heavy (non-hydrogen) atoms. The molecule has 2 fully saturated rings. The Morgan fingerprint density at radius 1 is 1.11 bits per heavy atom. The fourth-order valence-corrected chi connectivity index (χ4v) is 4.30. The summed E-state index contributed by atoms with van der Waals surface area (Å²) in [4.78, 5) is 29.7. The number of piperazine rings is 1. The van der Waals surface area contributed by atoms with Crippen LogP contribution in [0.2, 0.25) is 0 Å². The summed E-state index contributed by atoms with van der Waals surface area (Å²) in [5.74, 6) is 0.848. The van der Waals surface area contributed by atoms with Gasteiger partial charge in [-0.15, -0.1) is 0 Å². The molecular formula is C21H39N3O3. The Morgan fingerprint density at radius 2 is 1.74 bits per heavy atom. The van der Waals surface area contributed by atoms with E-state index in [0.717, 1.165) is 45.4 Å². The SMILES string of the molecule is COCCCNC(=O)[C@H](C1CCCC1)N1CCN(C(=O)CC(C)(C)C)CC1. The minimum absolute atomic E-state index is 0.0166. The normalized spacial score (nSPS) is 20.7. The standard InChI is InChI=1S/C21H39N3O3/c1-21(2,3)16-18(25)23-11-13-24(14-12-23)19(17-8-5-6-9-17)20(26)22-10-7-15-27-4/h17,19H,5-16H2,1-4H3,(H,22,26)/t19-/m0/s1. The summed E-state index contributed by atoms with van der Waals surface area (Å²) in [6.07, 6.45) is 6.15. The second-order valence-electron chi connectivity index (χ2n) is 9.28. The molecule has 1 saturated carbocycles. The third-order valence-electron chi connectivity index (χ3n) is 5.68. The Hall–Kier alpha value is -1.14. The molecule has 2 amide bonds. The van der Waals surface area contributed by atoms with Gasteiger partial charge in [-0.2, -0.15) is 0 Å². The summed E-state index contributed by atoms with van der Waals surface area (Å²) < 4.78 is 5.07. The molecule has 0 spiro atoms. The number of methoxy groups -OCH3 is 1. The molecule has 156 valence electrons. The highest BCUT2D eigenvalue weighted by Gasteiger charge is 2.37. The van der Waals surface area contributed by atoms with Crippen LogP contribution in [0.25, 0.3) is 0 Å². The van der Waals surface area contributed by atoms with Crippen LogP contribution in [-0.4, -0.2) is 74.1 Å². The number of hydrogen-bond acceptors (Lipinski definition) is 4. The van der Waals surface area contributed by atoms with Crippen molar-refractivity contribution in [1.29, 1.82) is 0 Å². The quantitative estimate of drug-likeness (QED) is 0.655. The molecule has 0 aromatic rings. The summed E-state index contributed by atoms with van der Waals surface area (Å²) >= 11 is 0. The summed E-state index contributed by atoms with van der Waals surface area (Å²) in [5, 5.41) is 3.12. The van der Waals surface area contributed by atoms with E-state index >= 15 is 0 Å². The molecular weight excluding hydrogens is 342 g/mol. The highest BCUT2D eigenvalue weighted by Crippen LogP contribution is 2.31. The maximum atomic E-state index is 12.9.